The molecular formula is C15H10Cl2N4O2. The van der Waals surface area contributed by atoms with Gasteiger partial charge in [0.05, 0.1) is 22.5 Å². The smallest absolute Gasteiger partial charge is 0.291 e. The lowest BCUT2D eigenvalue weighted by Crippen LogP contribution is -2.18. The van der Waals surface area contributed by atoms with Crippen LogP contribution in [-0.4, -0.2) is 22.3 Å². The summed E-state index contributed by atoms with van der Waals surface area (Å²) in [5.74, 6) is 0.112. The Kier molecular flexibility index (Phi) is 4.45. The number of carbonyl (C=O) groups excluding carboxylic acids is 1. The maximum absolute atomic E-state index is 12.0. The number of carbonyl (C=O) groups is 1. The zero-order valence-electron chi connectivity index (χ0n) is 11.6. The first kappa shape index (κ1) is 15.3. The number of hydrogen-bond acceptors (Lipinski definition) is 4. The van der Waals surface area contributed by atoms with E-state index >= 15 is 0 Å². The molecule has 0 aliphatic carbocycles. The van der Waals surface area contributed by atoms with E-state index in [9.17, 15) is 4.79 Å². The van der Waals surface area contributed by atoms with Gasteiger partial charge >= 0.3 is 0 Å². The molecule has 116 valence electrons. The summed E-state index contributed by atoms with van der Waals surface area (Å²) in [6.45, 7) is 0. The fourth-order valence-electron chi connectivity index (χ4n) is 1.84. The Balaban J connectivity index is 1.69. The van der Waals surface area contributed by atoms with Crippen LogP contribution in [0.15, 0.2) is 52.2 Å². The molecule has 23 heavy (non-hydrogen) atoms. The van der Waals surface area contributed by atoms with Gasteiger partial charge < -0.3 is 4.42 Å². The lowest BCUT2D eigenvalue weighted by Gasteiger charge is -2.00. The van der Waals surface area contributed by atoms with Gasteiger partial charge in [-0.25, -0.2) is 5.43 Å². The van der Waals surface area contributed by atoms with Crippen LogP contribution >= 0.6 is 23.2 Å². The van der Waals surface area contributed by atoms with E-state index in [-0.39, 0.29) is 5.69 Å². The van der Waals surface area contributed by atoms with Gasteiger partial charge in [-0.05, 0) is 24.3 Å². The van der Waals surface area contributed by atoms with Gasteiger partial charge in [0, 0.05) is 11.6 Å². The minimum absolute atomic E-state index is 0.179. The van der Waals surface area contributed by atoms with Crippen LogP contribution in [0.1, 0.15) is 16.1 Å². The number of nitrogens with zero attached hydrogens (tertiary/aromatic N) is 2. The maximum Gasteiger partial charge on any atom is 0.291 e. The first-order valence-electron chi connectivity index (χ1n) is 6.52. The molecule has 0 saturated heterocycles. The molecule has 8 heteroatoms. The van der Waals surface area contributed by atoms with Crippen LogP contribution < -0.4 is 5.43 Å². The molecule has 0 saturated carbocycles. The van der Waals surface area contributed by atoms with Gasteiger partial charge in [0.25, 0.3) is 5.91 Å². The minimum atomic E-state index is -0.474. The SMILES string of the molecule is O=C(N/N=C/c1c(Cl)cccc1Cl)c1cc(-c2ccco2)[nH]n1. The van der Waals surface area contributed by atoms with Crippen molar-refractivity contribution in [1.82, 2.24) is 15.6 Å². The van der Waals surface area contributed by atoms with Crippen molar-refractivity contribution >= 4 is 35.3 Å². The number of furan rings is 1. The van der Waals surface area contributed by atoms with Crippen molar-refractivity contribution in [3.63, 3.8) is 0 Å². The van der Waals surface area contributed by atoms with Crippen LogP contribution in [0.3, 0.4) is 0 Å². The molecule has 0 unspecified atom stereocenters. The molecule has 0 aliphatic rings. The molecule has 2 N–H and O–H groups in total. The largest absolute Gasteiger partial charge is 0.463 e. The molecule has 0 aliphatic heterocycles. The Hall–Kier alpha value is -2.57. The Morgan fingerprint density at radius 3 is 2.74 bits per heavy atom. The number of hydrogen-bond donors (Lipinski definition) is 2. The fourth-order valence-corrected chi connectivity index (χ4v) is 2.34. The van der Waals surface area contributed by atoms with Crippen LogP contribution in [0.25, 0.3) is 11.5 Å². The summed E-state index contributed by atoms with van der Waals surface area (Å²) in [6.07, 6.45) is 2.91. The Morgan fingerprint density at radius 1 is 1.26 bits per heavy atom. The number of aromatic amines is 1. The standard InChI is InChI=1S/C15H10Cl2N4O2/c16-10-3-1-4-11(17)9(10)8-18-21-15(22)13-7-12(19-20-13)14-5-2-6-23-14/h1-8H,(H,19,20)(H,21,22)/b18-8+. The number of aromatic nitrogens is 2. The van der Waals surface area contributed by atoms with Crippen molar-refractivity contribution in [2.75, 3.05) is 0 Å². The van der Waals surface area contributed by atoms with Gasteiger partial charge in [-0.3, -0.25) is 9.89 Å². The molecule has 2 aromatic heterocycles. The zero-order chi connectivity index (χ0) is 16.2. The third-order valence-electron chi connectivity index (χ3n) is 2.96. The van der Waals surface area contributed by atoms with E-state index in [1.165, 1.54) is 12.5 Å². The number of hydrazone groups is 1. The number of rotatable bonds is 4. The summed E-state index contributed by atoms with van der Waals surface area (Å²) in [5.41, 5.74) is 3.66. The Bertz CT molecular complexity index is 836. The van der Waals surface area contributed by atoms with Crippen molar-refractivity contribution < 1.29 is 9.21 Å². The van der Waals surface area contributed by atoms with Gasteiger partial charge in [0.15, 0.2) is 11.5 Å². The highest BCUT2D eigenvalue weighted by Gasteiger charge is 2.12. The van der Waals surface area contributed by atoms with Crippen molar-refractivity contribution in [1.29, 1.82) is 0 Å². The van der Waals surface area contributed by atoms with Crippen LogP contribution in [0, 0.1) is 0 Å². The molecule has 6 nitrogen and oxygen atoms in total. The molecule has 0 radical (unpaired) electrons. The quantitative estimate of drug-likeness (QED) is 0.556. The van der Waals surface area contributed by atoms with Crippen LogP contribution in [-0.2, 0) is 0 Å². The first-order chi connectivity index (χ1) is 11.1. The molecular weight excluding hydrogens is 339 g/mol. The van der Waals surface area contributed by atoms with Crippen LogP contribution in [0.4, 0.5) is 0 Å². The van der Waals surface area contributed by atoms with Crippen LogP contribution in [0.2, 0.25) is 10.0 Å². The van der Waals surface area contributed by atoms with Crippen molar-refractivity contribution in [3.8, 4) is 11.5 Å². The number of H-pyrrole nitrogens is 1. The second-order valence-electron chi connectivity index (χ2n) is 4.48. The van der Waals surface area contributed by atoms with Gasteiger partial charge in [0.1, 0.15) is 5.69 Å². The van der Waals surface area contributed by atoms with Crippen LogP contribution in [0.5, 0.6) is 0 Å². The Labute approximate surface area is 141 Å². The predicted molar refractivity (Wildman–Crippen MR) is 87.8 cm³/mol. The first-order valence-corrected chi connectivity index (χ1v) is 7.27. The van der Waals surface area contributed by atoms with E-state index in [4.69, 9.17) is 27.6 Å². The normalized spacial score (nSPS) is 11.0. The highest BCUT2D eigenvalue weighted by atomic mass is 35.5. The zero-order valence-corrected chi connectivity index (χ0v) is 13.1. The second kappa shape index (κ2) is 6.68. The summed E-state index contributed by atoms with van der Waals surface area (Å²) < 4.78 is 5.22. The summed E-state index contributed by atoms with van der Waals surface area (Å²) in [6, 6.07) is 10.1. The average Bonchev–Trinajstić information content (AvgIpc) is 3.20. The topological polar surface area (TPSA) is 83.3 Å². The lowest BCUT2D eigenvalue weighted by atomic mass is 10.2. The van der Waals surface area contributed by atoms with E-state index < -0.39 is 5.91 Å². The van der Waals surface area contributed by atoms with Gasteiger partial charge in [-0.2, -0.15) is 10.2 Å². The monoisotopic (exact) mass is 348 g/mol. The summed E-state index contributed by atoms with van der Waals surface area (Å²) >= 11 is 12.0. The molecule has 0 bridgehead atoms. The number of halogens is 2. The highest BCUT2D eigenvalue weighted by molar-refractivity contribution is 6.38. The summed E-state index contributed by atoms with van der Waals surface area (Å²) in [5, 5.41) is 11.3. The fraction of sp³-hybridized carbons (Fsp3) is 0. The van der Waals surface area contributed by atoms with Gasteiger partial charge in [-0.15, -0.1) is 0 Å². The number of amides is 1. The third-order valence-corrected chi connectivity index (χ3v) is 3.62. The maximum atomic E-state index is 12.0. The predicted octanol–water partition coefficient (Wildman–Crippen LogP) is 3.74. The van der Waals surface area contributed by atoms with E-state index in [2.05, 4.69) is 20.7 Å². The Morgan fingerprint density at radius 2 is 2.04 bits per heavy atom. The minimum Gasteiger partial charge on any atom is -0.463 e. The van der Waals surface area contributed by atoms with E-state index in [0.717, 1.165) is 0 Å². The second-order valence-corrected chi connectivity index (χ2v) is 5.29. The van der Waals surface area contributed by atoms with Crippen molar-refractivity contribution in [2.45, 2.75) is 0 Å². The lowest BCUT2D eigenvalue weighted by molar-refractivity contribution is 0.0950. The molecule has 1 amide bonds. The van der Waals surface area contributed by atoms with E-state index in [1.807, 2.05) is 0 Å². The molecule has 0 atom stereocenters. The number of nitrogens with one attached hydrogen (secondary N) is 2. The van der Waals surface area contributed by atoms with Gasteiger partial charge in [-0.1, -0.05) is 29.3 Å². The summed E-state index contributed by atoms with van der Waals surface area (Å²) in [4.78, 5) is 12.0. The molecule has 3 rings (SSSR count). The van der Waals surface area contributed by atoms with E-state index in [0.29, 0.717) is 27.1 Å². The van der Waals surface area contributed by atoms with E-state index in [1.54, 1.807) is 36.4 Å². The highest BCUT2D eigenvalue weighted by Crippen LogP contribution is 2.22. The molecule has 2 heterocycles. The molecule has 1 aromatic carbocycles. The molecule has 0 spiro atoms. The molecule has 3 aromatic rings. The average molecular weight is 349 g/mol. The third kappa shape index (κ3) is 3.44. The molecule has 0 fully saturated rings. The summed E-state index contributed by atoms with van der Waals surface area (Å²) in [7, 11) is 0. The van der Waals surface area contributed by atoms with Crippen molar-refractivity contribution in [3.05, 3.63) is 64.0 Å². The number of benzene rings is 1. The van der Waals surface area contributed by atoms with Crippen molar-refractivity contribution in [2.24, 2.45) is 5.10 Å². The van der Waals surface area contributed by atoms with Gasteiger partial charge in [0.2, 0.25) is 0 Å².